The van der Waals surface area contributed by atoms with E-state index in [0.717, 1.165) is 0 Å². The van der Waals surface area contributed by atoms with E-state index >= 15 is 0 Å². The molecule has 114 valence electrons. The minimum absolute atomic E-state index is 0.354. The summed E-state index contributed by atoms with van der Waals surface area (Å²) >= 11 is 0. The Morgan fingerprint density at radius 3 is 1.89 bits per heavy atom. The van der Waals surface area contributed by atoms with Crippen LogP contribution in [0.15, 0.2) is 0 Å². The molecule has 3 heteroatoms. The maximum Gasteiger partial charge on any atom is 0.0900 e. The number of aliphatic hydroxyl groups is 1. The van der Waals surface area contributed by atoms with E-state index in [2.05, 4.69) is 0 Å². The molecule has 1 fully saturated rings. The third-order valence-corrected chi connectivity index (χ3v) is 3.90. The summed E-state index contributed by atoms with van der Waals surface area (Å²) in [6.07, 6.45) is 13.2. The van der Waals surface area contributed by atoms with Crippen LogP contribution >= 0.6 is 0 Å². The smallest absolute Gasteiger partial charge is 0.0900 e. The average Bonchev–Trinajstić information content (AvgIpc) is 2.41. The van der Waals surface area contributed by atoms with Crippen molar-refractivity contribution in [3.63, 3.8) is 0 Å². The van der Waals surface area contributed by atoms with Gasteiger partial charge in [0.2, 0.25) is 0 Å². The van der Waals surface area contributed by atoms with Crippen LogP contribution in [0.5, 0.6) is 0 Å². The molecule has 0 bridgehead atoms. The Balaban J connectivity index is 2.23. The van der Waals surface area contributed by atoms with Crippen molar-refractivity contribution in [1.29, 1.82) is 0 Å². The summed E-state index contributed by atoms with van der Waals surface area (Å²) in [6, 6.07) is 0. The molecule has 19 heavy (non-hydrogen) atoms. The minimum Gasteiger partial charge on any atom is -0.389 e. The fourth-order valence-electron chi connectivity index (χ4n) is 2.84. The lowest BCUT2D eigenvalue weighted by molar-refractivity contribution is -0.0243. The van der Waals surface area contributed by atoms with Crippen molar-refractivity contribution in [3.05, 3.63) is 0 Å². The van der Waals surface area contributed by atoms with Crippen molar-refractivity contribution in [3.8, 4) is 0 Å². The average molecular weight is 271 g/mol. The summed E-state index contributed by atoms with van der Waals surface area (Å²) in [6.45, 7) is 1.18. The topological polar surface area (TPSA) is 32.7 Å². The molecule has 0 spiro atoms. The molecule has 1 saturated carbocycles. The molecule has 1 N–H and O–H groups in total. The van der Waals surface area contributed by atoms with E-state index in [1.54, 1.807) is 0 Å². The number of ether oxygens (including phenoxy) is 1. The van der Waals surface area contributed by atoms with E-state index < -0.39 is 0 Å². The van der Waals surface area contributed by atoms with Gasteiger partial charge in [-0.3, -0.25) is 0 Å². The van der Waals surface area contributed by atoms with Crippen LogP contribution in [0, 0.1) is 0 Å². The molecular weight excluding hydrogens is 238 g/mol. The highest BCUT2D eigenvalue weighted by atomic mass is 16.5. The summed E-state index contributed by atoms with van der Waals surface area (Å²) in [4.78, 5) is 2.01. The second-order valence-corrected chi connectivity index (χ2v) is 6.28. The van der Waals surface area contributed by atoms with E-state index in [9.17, 15) is 5.11 Å². The van der Waals surface area contributed by atoms with E-state index in [1.165, 1.54) is 64.2 Å². The van der Waals surface area contributed by atoms with E-state index in [1.807, 2.05) is 19.0 Å². The fraction of sp³-hybridized carbons (Fsp3) is 1.00. The van der Waals surface area contributed by atoms with Gasteiger partial charge in [0.25, 0.3) is 0 Å². The second-order valence-electron chi connectivity index (χ2n) is 6.28. The third-order valence-electron chi connectivity index (χ3n) is 3.90. The first-order valence-electron chi connectivity index (χ1n) is 8.13. The van der Waals surface area contributed by atoms with Crippen LogP contribution in [0.2, 0.25) is 0 Å². The van der Waals surface area contributed by atoms with E-state index in [4.69, 9.17) is 4.74 Å². The predicted molar refractivity (Wildman–Crippen MR) is 80.5 cm³/mol. The van der Waals surface area contributed by atoms with Gasteiger partial charge in [-0.25, -0.2) is 0 Å². The molecule has 0 aliphatic heterocycles. The highest BCUT2D eigenvalue weighted by Crippen LogP contribution is 2.19. The molecule has 0 aromatic carbocycles. The maximum absolute atomic E-state index is 9.85. The first-order valence-corrected chi connectivity index (χ1v) is 8.13. The van der Waals surface area contributed by atoms with Crippen LogP contribution in [-0.2, 0) is 4.74 Å². The lowest BCUT2D eigenvalue weighted by atomic mass is 10.1. The lowest BCUT2D eigenvalue weighted by Gasteiger charge is -2.21. The molecule has 1 rings (SSSR count). The Hall–Kier alpha value is -0.120. The number of nitrogens with zero attached hydrogens (tertiary/aromatic N) is 1. The quantitative estimate of drug-likeness (QED) is 0.833. The standard InChI is InChI=1S/C16H33NO2/c1-17(2)13-15(18)14-19-16-11-9-7-5-3-4-6-8-10-12-16/h15-16,18H,3-14H2,1-2H3. The summed E-state index contributed by atoms with van der Waals surface area (Å²) < 4.78 is 5.94. The fourth-order valence-corrected chi connectivity index (χ4v) is 2.84. The maximum atomic E-state index is 9.85. The van der Waals surface area contributed by atoms with Gasteiger partial charge in [-0.05, 0) is 26.9 Å². The van der Waals surface area contributed by atoms with Gasteiger partial charge < -0.3 is 14.7 Å². The lowest BCUT2D eigenvalue weighted by Crippen LogP contribution is -2.31. The van der Waals surface area contributed by atoms with Crippen molar-refractivity contribution in [1.82, 2.24) is 4.90 Å². The molecule has 1 atom stereocenters. The van der Waals surface area contributed by atoms with Gasteiger partial charge in [0.05, 0.1) is 18.8 Å². The largest absolute Gasteiger partial charge is 0.389 e. The zero-order chi connectivity index (χ0) is 13.9. The van der Waals surface area contributed by atoms with Crippen LogP contribution in [-0.4, -0.2) is 49.5 Å². The van der Waals surface area contributed by atoms with Gasteiger partial charge in [-0.2, -0.15) is 0 Å². The summed E-state index contributed by atoms with van der Waals surface area (Å²) in [5.74, 6) is 0. The molecule has 0 amide bonds. The Morgan fingerprint density at radius 2 is 1.42 bits per heavy atom. The minimum atomic E-state index is -0.354. The van der Waals surface area contributed by atoms with Crippen molar-refractivity contribution in [2.45, 2.75) is 76.4 Å². The molecule has 0 saturated heterocycles. The van der Waals surface area contributed by atoms with E-state index in [0.29, 0.717) is 19.3 Å². The van der Waals surface area contributed by atoms with Gasteiger partial charge in [0.1, 0.15) is 0 Å². The Kier molecular flexibility index (Phi) is 9.48. The van der Waals surface area contributed by atoms with Gasteiger partial charge in [-0.15, -0.1) is 0 Å². The molecular formula is C16H33NO2. The SMILES string of the molecule is CN(C)CC(O)COC1CCCCCCCCCC1. The van der Waals surface area contributed by atoms with Crippen LogP contribution in [0.4, 0.5) is 0 Å². The summed E-state index contributed by atoms with van der Waals surface area (Å²) in [5.41, 5.74) is 0. The molecule has 0 aromatic heterocycles. The summed E-state index contributed by atoms with van der Waals surface area (Å²) in [5, 5.41) is 9.85. The van der Waals surface area contributed by atoms with Gasteiger partial charge in [0.15, 0.2) is 0 Å². The highest BCUT2D eigenvalue weighted by Gasteiger charge is 2.13. The van der Waals surface area contributed by atoms with E-state index in [-0.39, 0.29) is 6.10 Å². The van der Waals surface area contributed by atoms with Crippen LogP contribution < -0.4 is 0 Å². The number of aliphatic hydroxyl groups excluding tert-OH is 1. The monoisotopic (exact) mass is 271 g/mol. The molecule has 0 heterocycles. The molecule has 0 aromatic rings. The van der Waals surface area contributed by atoms with Crippen molar-refractivity contribution in [2.24, 2.45) is 0 Å². The van der Waals surface area contributed by atoms with Crippen molar-refractivity contribution < 1.29 is 9.84 Å². The second kappa shape index (κ2) is 10.6. The zero-order valence-electron chi connectivity index (χ0n) is 12.9. The molecule has 3 nitrogen and oxygen atoms in total. The molecule has 1 aliphatic carbocycles. The van der Waals surface area contributed by atoms with Crippen LogP contribution in [0.3, 0.4) is 0 Å². The number of hydrogen-bond acceptors (Lipinski definition) is 3. The molecule has 1 aliphatic rings. The Bertz CT molecular complexity index is 197. The summed E-state index contributed by atoms with van der Waals surface area (Å²) in [7, 11) is 3.96. The normalized spacial score (nSPS) is 22.1. The highest BCUT2D eigenvalue weighted by molar-refractivity contribution is 4.64. The number of likely N-dealkylation sites (N-methyl/N-ethyl adjacent to an activating group) is 1. The molecule has 1 unspecified atom stereocenters. The van der Waals surface area contributed by atoms with Gasteiger partial charge in [0, 0.05) is 6.54 Å². The first-order chi connectivity index (χ1) is 9.18. The van der Waals surface area contributed by atoms with Crippen LogP contribution in [0.25, 0.3) is 0 Å². The third kappa shape index (κ3) is 9.42. The van der Waals surface area contributed by atoms with Crippen LogP contribution in [0.1, 0.15) is 64.2 Å². The Labute approximate surface area is 119 Å². The van der Waals surface area contributed by atoms with Crippen molar-refractivity contribution >= 4 is 0 Å². The predicted octanol–water partition coefficient (Wildman–Crippen LogP) is 3.21. The first kappa shape index (κ1) is 16.9. The van der Waals surface area contributed by atoms with Gasteiger partial charge >= 0.3 is 0 Å². The van der Waals surface area contributed by atoms with Crippen molar-refractivity contribution in [2.75, 3.05) is 27.2 Å². The zero-order valence-corrected chi connectivity index (χ0v) is 12.9. The van der Waals surface area contributed by atoms with Gasteiger partial charge in [-0.1, -0.05) is 51.4 Å². The number of rotatable bonds is 5. The Morgan fingerprint density at radius 1 is 0.947 bits per heavy atom. The number of hydrogen-bond donors (Lipinski definition) is 1. The molecule has 0 radical (unpaired) electrons.